The Balaban J connectivity index is 0.000000204. The number of H-pyrrole nitrogens is 1. The first-order valence-electron chi connectivity index (χ1n) is 9.52. The number of rotatable bonds is 5. The smallest absolute Gasteiger partial charge is 0.144 e. The van der Waals surface area contributed by atoms with E-state index in [4.69, 9.17) is 27.9 Å². The molecule has 0 unspecified atom stereocenters. The number of hydrogen-bond donors (Lipinski definition) is 1. The summed E-state index contributed by atoms with van der Waals surface area (Å²) >= 11 is 23.6. The highest BCUT2D eigenvalue weighted by atomic mass is 127. The monoisotopic (exact) mass is 842 g/mol. The van der Waals surface area contributed by atoms with Crippen LogP contribution in [0.25, 0.3) is 22.1 Å². The first kappa shape index (κ1) is 27.1. The number of ether oxygens (including phenoxy) is 1. The molecular weight excluding hydrogens is 825 g/mol. The topological polar surface area (TPSA) is 55.7 Å². The molecule has 12 heteroatoms. The molecule has 0 fully saturated rings. The second-order valence-corrected chi connectivity index (χ2v) is 18.6. The van der Waals surface area contributed by atoms with Crippen molar-refractivity contribution < 1.29 is 4.74 Å². The number of aromatic amines is 1. The van der Waals surface area contributed by atoms with Crippen LogP contribution in [0, 0.1) is 7.14 Å². The molecule has 0 aliphatic carbocycles. The second kappa shape index (κ2) is 11.5. The van der Waals surface area contributed by atoms with Crippen molar-refractivity contribution in [3.05, 3.63) is 50.9 Å². The Bertz CT molecular complexity index is 1260. The van der Waals surface area contributed by atoms with Crippen molar-refractivity contribution in [2.75, 3.05) is 6.61 Å². The van der Waals surface area contributed by atoms with E-state index in [2.05, 4.69) is 112 Å². The normalized spacial score (nSPS) is 11.8. The van der Waals surface area contributed by atoms with Gasteiger partial charge in [0, 0.05) is 46.6 Å². The Labute approximate surface area is 241 Å². The summed E-state index contributed by atoms with van der Waals surface area (Å²) in [6.07, 6.45) is 7.35. The van der Waals surface area contributed by atoms with Crippen molar-refractivity contribution >= 4 is 130 Å². The Morgan fingerprint density at radius 3 is 2.31 bits per heavy atom. The van der Waals surface area contributed by atoms with Crippen molar-refractivity contribution in [1.82, 2.24) is 19.5 Å². The molecule has 0 amide bonds. The number of nitrogens with zero attached hydrogens (tertiary/aromatic N) is 3. The van der Waals surface area contributed by atoms with Gasteiger partial charge in [-0.2, -0.15) is 0 Å². The van der Waals surface area contributed by atoms with Gasteiger partial charge in [-0.25, -0.2) is 9.97 Å². The second-order valence-electron chi connectivity index (χ2n) is 8.19. The predicted octanol–water partition coefficient (Wildman–Crippen LogP) is 8.95. The molecule has 32 heavy (non-hydrogen) atoms. The summed E-state index contributed by atoms with van der Waals surface area (Å²) in [5.74, 6) is 0. The van der Waals surface area contributed by atoms with Gasteiger partial charge < -0.3 is 14.3 Å². The lowest BCUT2D eigenvalue weighted by Gasteiger charge is -2.15. The predicted molar refractivity (Wildman–Crippen MR) is 161 cm³/mol. The van der Waals surface area contributed by atoms with Gasteiger partial charge in [-0.1, -0.05) is 42.8 Å². The number of pyridine rings is 2. The highest BCUT2D eigenvalue weighted by Gasteiger charge is 2.15. The lowest BCUT2D eigenvalue weighted by molar-refractivity contribution is 0.0898. The number of hydrogen-bond acceptors (Lipinski definition) is 3. The molecule has 0 saturated carbocycles. The van der Waals surface area contributed by atoms with Crippen molar-refractivity contribution in [3.8, 4) is 0 Å². The van der Waals surface area contributed by atoms with Crippen LogP contribution in [-0.2, 0) is 11.5 Å². The van der Waals surface area contributed by atoms with E-state index in [9.17, 15) is 0 Å². The molecule has 0 bridgehead atoms. The van der Waals surface area contributed by atoms with Crippen molar-refractivity contribution in [1.29, 1.82) is 0 Å². The first-order valence-corrected chi connectivity index (χ1v) is 17.7. The molecule has 5 nitrogen and oxygen atoms in total. The largest absolute Gasteiger partial charge is 0.361 e. The summed E-state index contributed by atoms with van der Waals surface area (Å²) in [6.45, 7) is 8.38. The summed E-state index contributed by atoms with van der Waals surface area (Å²) < 4.78 is 11.6. The number of nitrogens with one attached hydrogen (secondary N) is 1. The molecule has 4 rings (SSSR count). The molecule has 4 aromatic rings. The van der Waals surface area contributed by atoms with Crippen LogP contribution in [0.4, 0.5) is 0 Å². The highest BCUT2D eigenvalue weighted by molar-refractivity contribution is 14.1. The fourth-order valence-corrected chi connectivity index (χ4v) is 6.47. The third kappa shape index (κ3) is 6.61. The Morgan fingerprint density at radius 1 is 1.03 bits per heavy atom. The van der Waals surface area contributed by atoms with Gasteiger partial charge in [-0.05, 0) is 83.1 Å². The lowest BCUT2D eigenvalue weighted by Crippen LogP contribution is -2.22. The fourth-order valence-electron chi connectivity index (χ4n) is 2.79. The zero-order valence-electron chi connectivity index (χ0n) is 17.4. The molecule has 4 heterocycles. The molecule has 172 valence electrons. The van der Waals surface area contributed by atoms with Crippen LogP contribution in [0.2, 0.25) is 35.7 Å². The van der Waals surface area contributed by atoms with Gasteiger partial charge in [0.2, 0.25) is 0 Å². The molecule has 4 aromatic heterocycles. The van der Waals surface area contributed by atoms with Crippen LogP contribution in [0.5, 0.6) is 0 Å². The molecule has 1 N–H and O–H groups in total. The van der Waals surface area contributed by atoms with Crippen molar-refractivity contribution in [3.63, 3.8) is 0 Å². The number of fused-ring (bicyclic) bond motifs is 2. The SMILES string of the molecule is C[Si](C)(C)CCOCn1cc(I)c2c(Cl)c(Br)cnc21.Clc1c(Br)cnc2[nH]cc(I)c12. The van der Waals surface area contributed by atoms with E-state index < -0.39 is 8.07 Å². The molecule has 0 aromatic carbocycles. The van der Waals surface area contributed by atoms with E-state index in [1.165, 1.54) is 6.04 Å². The van der Waals surface area contributed by atoms with E-state index >= 15 is 0 Å². The quantitative estimate of drug-likeness (QED) is 0.124. The standard InChI is InChI=1S/C13H17BrClIN2OSi.C7H3BrClIN2/c1-20(2,3)5-4-19-8-18-7-10(16)11-12(15)9(14)6-17-13(11)18;8-3-1-11-7-5(6(3)9)4(10)2-12-7/h6-7H,4-5,8H2,1-3H3;1-2H,(H,11,12). The van der Waals surface area contributed by atoms with Gasteiger partial charge in [-0.15, -0.1) is 0 Å². The van der Waals surface area contributed by atoms with E-state index in [0.717, 1.165) is 44.8 Å². The minimum atomic E-state index is -1.04. The van der Waals surface area contributed by atoms with E-state index in [1.807, 2.05) is 17.0 Å². The van der Waals surface area contributed by atoms with E-state index in [-0.39, 0.29) is 0 Å². The summed E-state index contributed by atoms with van der Waals surface area (Å²) in [5, 5.41) is 3.38. The first-order chi connectivity index (χ1) is 15.0. The third-order valence-electron chi connectivity index (χ3n) is 4.51. The summed E-state index contributed by atoms with van der Waals surface area (Å²) in [6, 6.07) is 1.17. The zero-order valence-corrected chi connectivity index (χ0v) is 27.4. The van der Waals surface area contributed by atoms with Crippen LogP contribution in [0.15, 0.2) is 33.7 Å². The van der Waals surface area contributed by atoms with E-state index in [0.29, 0.717) is 16.8 Å². The van der Waals surface area contributed by atoms with E-state index in [1.54, 1.807) is 12.4 Å². The minimum Gasteiger partial charge on any atom is -0.361 e. The number of aromatic nitrogens is 4. The van der Waals surface area contributed by atoms with Gasteiger partial charge in [0.25, 0.3) is 0 Å². The Kier molecular flexibility index (Phi) is 9.78. The molecule has 0 atom stereocenters. The maximum absolute atomic E-state index is 6.33. The van der Waals surface area contributed by atoms with Crippen LogP contribution >= 0.6 is 100 Å². The average Bonchev–Trinajstić information content (AvgIpc) is 3.25. The van der Waals surface area contributed by atoms with Gasteiger partial charge in [0.05, 0.1) is 29.8 Å². The summed E-state index contributed by atoms with van der Waals surface area (Å²) in [7, 11) is -1.04. The minimum absolute atomic E-state index is 0.523. The molecule has 0 aliphatic heterocycles. The van der Waals surface area contributed by atoms with Crippen LogP contribution < -0.4 is 0 Å². The summed E-state index contributed by atoms with van der Waals surface area (Å²) in [4.78, 5) is 11.6. The maximum Gasteiger partial charge on any atom is 0.144 e. The highest BCUT2D eigenvalue weighted by Crippen LogP contribution is 2.34. The average molecular weight is 845 g/mol. The lowest BCUT2D eigenvalue weighted by atomic mass is 10.3. The maximum atomic E-state index is 6.33. The molecule has 0 spiro atoms. The van der Waals surface area contributed by atoms with Crippen LogP contribution in [0.3, 0.4) is 0 Å². The van der Waals surface area contributed by atoms with Crippen LogP contribution in [-0.4, -0.2) is 34.2 Å². The molecule has 0 aliphatic rings. The Morgan fingerprint density at radius 2 is 1.66 bits per heavy atom. The van der Waals surface area contributed by atoms with Gasteiger partial charge in [-0.3, -0.25) is 0 Å². The molecule has 0 radical (unpaired) electrons. The third-order valence-corrected chi connectivity index (χ3v) is 10.3. The van der Waals surface area contributed by atoms with Crippen molar-refractivity contribution in [2.24, 2.45) is 0 Å². The molecule has 0 saturated heterocycles. The van der Waals surface area contributed by atoms with Gasteiger partial charge >= 0.3 is 0 Å². The van der Waals surface area contributed by atoms with Gasteiger partial charge in [0.1, 0.15) is 18.0 Å². The fraction of sp³-hybridized carbons (Fsp3) is 0.300. The van der Waals surface area contributed by atoms with Gasteiger partial charge in [0.15, 0.2) is 0 Å². The van der Waals surface area contributed by atoms with Crippen molar-refractivity contribution in [2.45, 2.75) is 32.4 Å². The number of halogens is 6. The Hall–Kier alpha value is 0.557. The summed E-state index contributed by atoms with van der Waals surface area (Å²) in [5.41, 5.74) is 1.70. The van der Waals surface area contributed by atoms with Crippen LogP contribution in [0.1, 0.15) is 0 Å². The zero-order chi connectivity index (χ0) is 23.6. The molecular formula is C20H20Br2Cl2I2N4OSi.